The first-order chi connectivity index (χ1) is 17.4. The molecule has 9 nitrogen and oxygen atoms in total. The van der Waals surface area contributed by atoms with Crippen LogP contribution in [-0.2, 0) is 4.79 Å². The predicted octanol–water partition coefficient (Wildman–Crippen LogP) is 5.02. The van der Waals surface area contributed by atoms with Gasteiger partial charge in [0.1, 0.15) is 0 Å². The Hall–Kier alpha value is -3.13. The molecule has 0 bridgehead atoms. The molecule has 2 N–H and O–H groups in total. The number of rotatable bonds is 10. The van der Waals surface area contributed by atoms with Gasteiger partial charge in [-0.2, -0.15) is 0 Å². The molecule has 13 heteroatoms. The summed E-state index contributed by atoms with van der Waals surface area (Å²) >= 11 is 5.22. The Bertz CT molecular complexity index is 1390. The number of anilines is 2. The molecule has 0 saturated carbocycles. The summed E-state index contributed by atoms with van der Waals surface area (Å²) in [4.78, 5) is 38.2. The zero-order valence-electron chi connectivity index (χ0n) is 19.2. The Balaban J connectivity index is 1.35. The quantitative estimate of drug-likeness (QED) is 0.157. The summed E-state index contributed by atoms with van der Waals surface area (Å²) in [5.41, 5.74) is 2.08. The van der Waals surface area contributed by atoms with Crippen LogP contribution in [0.4, 0.5) is 10.3 Å². The summed E-state index contributed by atoms with van der Waals surface area (Å²) < 4.78 is 1.32. The fourth-order valence-corrected chi connectivity index (χ4v) is 6.16. The number of thioether (sulfide) groups is 2. The van der Waals surface area contributed by atoms with E-state index in [9.17, 15) is 14.4 Å². The number of nitrogens with zero attached hydrogens (tertiary/aromatic N) is 4. The van der Waals surface area contributed by atoms with Gasteiger partial charge in [-0.05, 0) is 18.7 Å². The topological polar surface area (TPSA) is 127 Å². The monoisotopic (exact) mass is 556 g/mol. The lowest BCUT2D eigenvalue weighted by atomic mass is 9.97. The number of amides is 2. The molecule has 0 fully saturated rings. The van der Waals surface area contributed by atoms with Crippen molar-refractivity contribution in [1.29, 1.82) is 0 Å². The van der Waals surface area contributed by atoms with E-state index in [1.165, 1.54) is 23.1 Å². The van der Waals surface area contributed by atoms with Gasteiger partial charge < -0.3 is 0 Å². The average Bonchev–Trinajstić information content (AvgIpc) is 3.52. The van der Waals surface area contributed by atoms with E-state index in [1.54, 1.807) is 48.2 Å². The number of nitrogens with one attached hydrogen (secondary N) is 2. The molecule has 184 valence electrons. The highest BCUT2D eigenvalue weighted by molar-refractivity contribution is 8.01. The lowest BCUT2D eigenvalue weighted by molar-refractivity contribution is -0.113. The van der Waals surface area contributed by atoms with Gasteiger partial charge in [-0.15, -0.1) is 20.4 Å². The molecule has 2 aromatic carbocycles. The van der Waals surface area contributed by atoms with Crippen LogP contribution in [0.1, 0.15) is 38.8 Å². The van der Waals surface area contributed by atoms with Gasteiger partial charge in [-0.1, -0.05) is 101 Å². The molecular weight excluding hydrogens is 537 g/mol. The summed E-state index contributed by atoms with van der Waals surface area (Å²) in [5, 5.41) is 22.1. The molecule has 2 amide bonds. The molecule has 2 aromatic heterocycles. The van der Waals surface area contributed by atoms with Crippen molar-refractivity contribution in [2.75, 3.05) is 22.1 Å². The minimum absolute atomic E-state index is 0.103. The zero-order valence-corrected chi connectivity index (χ0v) is 22.4. The van der Waals surface area contributed by atoms with E-state index in [0.29, 0.717) is 20.6 Å². The van der Waals surface area contributed by atoms with Crippen molar-refractivity contribution in [3.8, 4) is 0 Å². The molecule has 0 aliphatic heterocycles. The first-order valence-electron chi connectivity index (χ1n) is 10.7. The van der Waals surface area contributed by atoms with E-state index in [4.69, 9.17) is 0 Å². The Morgan fingerprint density at radius 3 is 2.08 bits per heavy atom. The van der Waals surface area contributed by atoms with Crippen molar-refractivity contribution in [2.45, 2.75) is 22.5 Å². The van der Waals surface area contributed by atoms with Crippen LogP contribution in [0.2, 0.25) is 0 Å². The molecule has 2 heterocycles. The third-order valence-corrected chi connectivity index (χ3v) is 8.43. The maximum atomic E-state index is 13.0. The highest BCUT2D eigenvalue weighted by atomic mass is 32.2. The summed E-state index contributed by atoms with van der Waals surface area (Å²) in [6.45, 7) is 3.96. The van der Waals surface area contributed by atoms with E-state index in [0.717, 1.165) is 27.0 Å². The zero-order chi connectivity index (χ0) is 25.5. The van der Waals surface area contributed by atoms with Crippen LogP contribution in [0.25, 0.3) is 0 Å². The van der Waals surface area contributed by atoms with Gasteiger partial charge in [0.05, 0.1) is 11.3 Å². The molecule has 4 aromatic rings. The fraction of sp³-hybridized carbons (Fsp3) is 0.174. The van der Waals surface area contributed by atoms with Crippen LogP contribution >= 0.6 is 46.2 Å². The molecule has 0 aliphatic carbocycles. The van der Waals surface area contributed by atoms with Gasteiger partial charge in [0.2, 0.25) is 16.2 Å². The number of carbonyl (C=O) groups is 3. The predicted molar refractivity (Wildman–Crippen MR) is 145 cm³/mol. The van der Waals surface area contributed by atoms with Gasteiger partial charge in [0.25, 0.3) is 5.91 Å². The second-order valence-electron chi connectivity index (χ2n) is 7.21. The summed E-state index contributed by atoms with van der Waals surface area (Å²) in [6.07, 6.45) is 0. The highest BCUT2D eigenvalue weighted by Gasteiger charge is 2.19. The maximum Gasteiger partial charge on any atom is 0.258 e. The molecule has 0 saturated heterocycles. The number of ketones is 1. The third kappa shape index (κ3) is 6.75. The van der Waals surface area contributed by atoms with Crippen molar-refractivity contribution in [2.24, 2.45) is 0 Å². The largest absolute Gasteiger partial charge is 0.300 e. The summed E-state index contributed by atoms with van der Waals surface area (Å²) in [6, 6.07) is 13.8. The van der Waals surface area contributed by atoms with Crippen LogP contribution in [-0.4, -0.2) is 49.5 Å². The fourth-order valence-electron chi connectivity index (χ4n) is 2.95. The Labute approximate surface area is 223 Å². The first kappa shape index (κ1) is 25.9. The first-order valence-corrected chi connectivity index (χ1v) is 14.3. The Kier molecular flexibility index (Phi) is 8.80. The van der Waals surface area contributed by atoms with Crippen molar-refractivity contribution in [1.82, 2.24) is 20.4 Å². The SMILES string of the molecule is CCSc1nnc(NC(=O)CSc2nnc(NC(=O)c3ccccc3C(=O)c3ccc(C)cc3)s2)s1. The molecule has 0 spiro atoms. The molecule has 0 atom stereocenters. The molecule has 36 heavy (non-hydrogen) atoms. The Morgan fingerprint density at radius 2 is 1.42 bits per heavy atom. The standard InChI is InChI=1S/C23H20N6O3S4/c1-3-33-22-28-26-20(35-22)24-17(30)12-34-23-29-27-21(36-23)25-19(32)16-7-5-4-6-15(16)18(31)14-10-8-13(2)9-11-14/h4-11H,3,12H2,1-2H3,(H,24,26,30)(H,25,27,32). The second kappa shape index (κ2) is 12.2. The number of hydrogen-bond donors (Lipinski definition) is 2. The van der Waals surface area contributed by atoms with Crippen molar-refractivity contribution in [3.05, 3.63) is 70.8 Å². The van der Waals surface area contributed by atoms with Gasteiger partial charge in [0.15, 0.2) is 14.5 Å². The van der Waals surface area contributed by atoms with Crippen molar-refractivity contribution < 1.29 is 14.4 Å². The minimum Gasteiger partial charge on any atom is -0.300 e. The number of aromatic nitrogens is 4. The molecule has 0 unspecified atom stereocenters. The lowest BCUT2D eigenvalue weighted by Gasteiger charge is -2.08. The van der Waals surface area contributed by atoms with Gasteiger partial charge in [0, 0.05) is 11.1 Å². The molecular formula is C23H20N6O3S4. The van der Waals surface area contributed by atoms with Crippen LogP contribution in [0.5, 0.6) is 0 Å². The highest BCUT2D eigenvalue weighted by Crippen LogP contribution is 2.28. The van der Waals surface area contributed by atoms with Gasteiger partial charge in [-0.3, -0.25) is 25.0 Å². The van der Waals surface area contributed by atoms with E-state index >= 15 is 0 Å². The van der Waals surface area contributed by atoms with Crippen LogP contribution < -0.4 is 10.6 Å². The van der Waals surface area contributed by atoms with Crippen molar-refractivity contribution in [3.63, 3.8) is 0 Å². The van der Waals surface area contributed by atoms with Crippen LogP contribution in [0.3, 0.4) is 0 Å². The minimum atomic E-state index is -0.464. The Morgan fingerprint density at radius 1 is 0.806 bits per heavy atom. The van der Waals surface area contributed by atoms with Crippen LogP contribution in [0, 0.1) is 6.92 Å². The number of aryl methyl sites for hydroxylation is 1. The van der Waals surface area contributed by atoms with Gasteiger partial charge >= 0.3 is 0 Å². The second-order valence-corrected chi connectivity index (χ2v) is 11.9. The average molecular weight is 557 g/mol. The third-order valence-electron chi connectivity index (χ3n) is 4.60. The van der Waals surface area contributed by atoms with E-state index in [-0.39, 0.29) is 28.1 Å². The summed E-state index contributed by atoms with van der Waals surface area (Å²) in [7, 11) is 0. The number of carbonyl (C=O) groups excluding carboxylic acids is 3. The van der Waals surface area contributed by atoms with E-state index < -0.39 is 5.91 Å². The molecule has 4 rings (SSSR count). The van der Waals surface area contributed by atoms with E-state index in [1.807, 2.05) is 26.0 Å². The number of benzene rings is 2. The van der Waals surface area contributed by atoms with E-state index in [2.05, 4.69) is 31.0 Å². The molecule has 0 aliphatic rings. The lowest BCUT2D eigenvalue weighted by Crippen LogP contribution is -2.16. The smallest absolute Gasteiger partial charge is 0.258 e. The van der Waals surface area contributed by atoms with Gasteiger partial charge in [-0.25, -0.2) is 0 Å². The normalized spacial score (nSPS) is 10.7. The molecule has 0 radical (unpaired) electrons. The summed E-state index contributed by atoms with van der Waals surface area (Å²) in [5.74, 6) is 0.0353. The van der Waals surface area contributed by atoms with Crippen LogP contribution in [0.15, 0.2) is 57.2 Å². The number of hydrogen-bond acceptors (Lipinski definition) is 11. The van der Waals surface area contributed by atoms with Crippen molar-refractivity contribution >= 4 is 74.1 Å². The maximum absolute atomic E-state index is 13.0.